The van der Waals surface area contributed by atoms with E-state index in [0.717, 1.165) is 35.7 Å². The van der Waals surface area contributed by atoms with Gasteiger partial charge in [-0.1, -0.05) is 25.0 Å². The molecule has 1 aliphatic heterocycles. The average Bonchev–Trinajstić information content (AvgIpc) is 3.04. The van der Waals surface area contributed by atoms with E-state index in [4.69, 9.17) is 0 Å². The lowest BCUT2D eigenvalue weighted by molar-refractivity contribution is -0.114. The number of hydrogen-bond donors (Lipinski definition) is 2. The zero-order valence-corrected chi connectivity index (χ0v) is 17.3. The normalized spacial score (nSPS) is 14.1. The Hall–Kier alpha value is -3.41. The van der Waals surface area contributed by atoms with E-state index in [2.05, 4.69) is 49.8 Å². The molecule has 0 saturated carbocycles. The van der Waals surface area contributed by atoms with Crippen LogP contribution in [0.1, 0.15) is 32.6 Å². The Morgan fingerprint density at radius 3 is 2.20 bits per heavy atom. The standard InChI is InChI=1S/C24H27N5O/c1-18(30)26-20-8-6-19(7-9-20)23-14-15-25-24(28-23)27-21-10-12-22(13-11-21)29-16-4-2-3-5-17-29/h6-15H,2-5,16-17H2,1H3,(H,26,30)(H,25,27,28). The summed E-state index contributed by atoms with van der Waals surface area (Å²) in [6, 6.07) is 18.0. The number of nitrogens with zero attached hydrogens (tertiary/aromatic N) is 3. The van der Waals surface area contributed by atoms with Crippen molar-refractivity contribution in [2.75, 3.05) is 28.6 Å². The summed E-state index contributed by atoms with van der Waals surface area (Å²) in [6.45, 7) is 3.77. The third-order valence-electron chi connectivity index (χ3n) is 5.25. The molecule has 4 rings (SSSR count). The molecule has 2 heterocycles. The van der Waals surface area contributed by atoms with Gasteiger partial charge in [-0.15, -0.1) is 0 Å². The summed E-state index contributed by atoms with van der Waals surface area (Å²) in [7, 11) is 0. The van der Waals surface area contributed by atoms with Crippen LogP contribution in [0.3, 0.4) is 0 Å². The van der Waals surface area contributed by atoms with Gasteiger partial charge in [0.25, 0.3) is 0 Å². The minimum atomic E-state index is -0.0851. The first-order chi connectivity index (χ1) is 14.7. The zero-order valence-electron chi connectivity index (χ0n) is 17.3. The summed E-state index contributed by atoms with van der Waals surface area (Å²) in [5.41, 5.74) is 4.79. The molecule has 0 radical (unpaired) electrons. The Bertz CT molecular complexity index is 977. The molecule has 1 aliphatic rings. The first kappa shape index (κ1) is 19.9. The van der Waals surface area contributed by atoms with Crippen molar-refractivity contribution in [1.82, 2.24) is 9.97 Å². The first-order valence-corrected chi connectivity index (χ1v) is 10.5. The molecule has 1 saturated heterocycles. The number of aromatic nitrogens is 2. The quantitative estimate of drug-likeness (QED) is 0.613. The number of rotatable bonds is 5. The maximum atomic E-state index is 11.2. The SMILES string of the molecule is CC(=O)Nc1ccc(-c2ccnc(Nc3ccc(N4CCCCCC4)cc3)n2)cc1. The molecule has 30 heavy (non-hydrogen) atoms. The van der Waals surface area contributed by atoms with Gasteiger partial charge < -0.3 is 15.5 Å². The van der Waals surface area contributed by atoms with Gasteiger partial charge >= 0.3 is 0 Å². The Kier molecular flexibility index (Phi) is 6.23. The summed E-state index contributed by atoms with van der Waals surface area (Å²) in [5.74, 6) is 0.471. The van der Waals surface area contributed by atoms with Gasteiger partial charge in [-0.25, -0.2) is 9.97 Å². The number of anilines is 4. The van der Waals surface area contributed by atoms with Crippen LogP contribution >= 0.6 is 0 Å². The summed E-state index contributed by atoms with van der Waals surface area (Å²) in [4.78, 5) is 22.6. The fourth-order valence-corrected chi connectivity index (χ4v) is 3.72. The lowest BCUT2D eigenvalue weighted by Gasteiger charge is -2.22. The van der Waals surface area contributed by atoms with E-state index in [1.807, 2.05) is 30.3 Å². The van der Waals surface area contributed by atoms with Crippen LogP contribution in [0, 0.1) is 0 Å². The van der Waals surface area contributed by atoms with Crippen LogP contribution in [0.2, 0.25) is 0 Å². The molecule has 6 heteroatoms. The van der Waals surface area contributed by atoms with Gasteiger partial charge in [0.2, 0.25) is 11.9 Å². The van der Waals surface area contributed by atoms with Gasteiger partial charge in [-0.3, -0.25) is 4.79 Å². The largest absolute Gasteiger partial charge is 0.372 e. The van der Waals surface area contributed by atoms with E-state index in [0.29, 0.717) is 5.95 Å². The van der Waals surface area contributed by atoms with Crippen LogP contribution in [0.4, 0.5) is 23.0 Å². The van der Waals surface area contributed by atoms with Crippen molar-refractivity contribution in [3.63, 3.8) is 0 Å². The minimum absolute atomic E-state index is 0.0851. The second-order valence-corrected chi connectivity index (χ2v) is 7.60. The molecule has 1 fully saturated rings. The molecule has 1 aromatic heterocycles. The van der Waals surface area contributed by atoms with E-state index in [9.17, 15) is 4.79 Å². The lowest BCUT2D eigenvalue weighted by Crippen LogP contribution is -2.23. The van der Waals surface area contributed by atoms with E-state index in [-0.39, 0.29) is 5.91 Å². The highest BCUT2D eigenvalue weighted by atomic mass is 16.1. The van der Waals surface area contributed by atoms with Crippen LogP contribution in [0.5, 0.6) is 0 Å². The molecule has 0 aliphatic carbocycles. The van der Waals surface area contributed by atoms with Crippen LogP contribution in [-0.4, -0.2) is 29.0 Å². The van der Waals surface area contributed by atoms with Gasteiger partial charge in [-0.05, 0) is 55.3 Å². The zero-order chi connectivity index (χ0) is 20.8. The predicted octanol–water partition coefficient (Wildman–Crippen LogP) is 5.23. The maximum Gasteiger partial charge on any atom is 0.227 e. The van der Waals surface area contributed by atoms with Crippen LogP contribution in [0.15, 0.2) is 60.8 Å². The molecule has 0 atom stereocenters. The van der Waals surface area contributed by atoms with Gasteiger partial charge in [0, 0.05) is 48.8 Å². The highest BCUT2D eigenvalue weighted by molar-refractivity contribution is 5.88. The number of hydrogen-bond acceptors (Lipinski definition) is 5. The van der Waals surface area contributed by atoms with Crippen molar-refractivity contribution < 1.29 is 4.79 Å². The van der Waals surface area contributed by atoms with E-state index < -0.39 is 0 Å². The molecule has 0 spiro atoms. The monoisotopic (exact) mass is 401 g/mol. The molecule has 1 amide bonds. The number of amides is 1. The second kappa shape index (κ2) is 9.39. The highest BCUT2D eigenvalue weighted by Crippen LogP contribution is 2.24. The van der Waals surface area contributed by atoms with Gasteiger partial charge in [-0.2, -0.15) is 0 Å². The van der Waals surface area contributed by atoms with E-state index in [1.54, 1.807) is 6.20 Å². The van der Waals surface area contributed by atoms with Crippen molar-refractivity contribution in [3.8, 4) is 11.3 Å². The fourth-order valence-electron chi connectivity index (χ4n) is 3.72. The molecule has 2 N–H and O–H groups in total. The minimum Gasteiger partial charge on any atom is -0.372 e. The van der Waals surface area contributed by atoms with Crippen molar-refractivity contribution in [2.45, 2.75) is 32.6 Å². The summed E-state index contributed by atoms with van der Waals surface area (Å²) < 4.78 is 0. The van der Waals surface area contributed by atoms with Gasteiger partial charge in [0.05, 0.1) is 5.69 Å². The smallest absolute Gasteiger partial charge is 0.227 e. The Morgan fingerprint density at radius 2 is 1.53 bits per heavy atom. The number of nitrogens with one attached hydrogen (secondary N) is 2. The van der Waals surface area contributed by atoms with Crippen molar-refractivity contribution in [1.29, 1.82) is 0 Å². The van der Waals surface area contributed by atoms with Gasteiger partial charge in [0.1, 0.15) is 0 Å². The topological polar surface area (TPSA) is 70.2 Å². The summed E-state index contributed by atoms with van der Waals surface area (Å²) in [5, 5.41) is 6.07. The Morgan fingerprint density at radius 1 is 0.867 bits per heavy atom. The van der Waals surface area contributed by atoms with Gasteiger partial charge in [0.15, 0.2) is 0 Å². The third-order valence-corrected chi connectivity index (χ3v) is 5.25. The summed E-state index contributed by atoms with van der Waals surface area (Å²) >= 11 is 0. The van der Waals surface area contributed by atoms with Crippen LogP contribution in [-0.2, 0) is 4.79 Å². The Balaban J connectivity index is 1.44. The maximum absolute atomic E-state index is 11.2. The van der Waals surface area contributed by atoms with Crippen molar-refractivity contribution in [2.24, 2.45) is 0 Å². The lowest BCUT2D eigenvalue weighted by atomic mass is 10.1. The number of benzene rings is 2. The second-order valence-electron chi connectivity index (χ2n) is 7.60. The van der Waals surface area contributed by atoms with Crippen LogP contribution < -0.4 is 15.5 Å². The highest BCUT2D eigenvalue weighted by Gasteiger charge is 2.10. The molecule has 2 aromatic carbocycles. The Labute approximate surface area is 177 Å². The fraction of sp³-hybridized carbons (Fsp3) is 0.292. The van der Waals surface area contributed by atoms with E-state index >= 15 is 0 Å². The third kappa shape index (κ3) is 5.14. The first-order valence-electron chi connectivity index (χ1n) is 10.5. The predicted molar refractivity (Wildman–Crippen MR) is 122 cm³/mol. The molecule has 0 unspecified atom stereocenters. The number of carbonyl (C=O) groups excluding carboxylic acids is 1. The van der Waals surface area contributed by atoms with Crippen LogP contribution in [0.25, 0.3) is 11.3 Å². The number of carbonyl (C=O) groups is 1. The molecule has 154 valence electrons. The van der Waals surface area contributed by atoms with Crippen molar-refractivity contribution >= 4 is 28.9 Å². The molecular formula is C24H27N5O. The van der Waals surface area contributed by atoms with E-state index in [1.165, 1.54) is 38.3 Å². The van der Waals surface area contributed by atoms with Crippen molar-refractivity contribution in [3.05, 3.63) is 60.8 Å². The average molecular weight is 402 g/mol. The molecular weight excluding hydrogens is 374 g/mol. The molecule has 0 bridgehead atoms. The molecule has 3 aromatic rings. The summed E-state index contributed by atoms with van der Waals surface area (Å²) in [6.07, 6.45) is 6.95. The molecule has 6 nitrogen and oxygen atoms in total.